The Morgan fingerprint density at radius 2 is 0.875 bits per heavy atom. The molecule has 2 radical (unpaired) electrons. The molecule has 1 aromatic rings. The van der Waals surface area contributed by atoms with Crippen LogP contribution in [-0.4, -0.2) is 28.7 Å². The Morgan fingerprint density at radius 3 is 1.12 bits per heavy atom. The van der Waals surface area contributed by atoms with Crippen LogP contribution in [0.5, 0.6) is 0 Å². The van der Waals surface area contributed by atoms with E-state index in [4.69, 9.17) is 0 Å². The van der Waals surface area contributed by atoms with Crippen molar-refractivity contribution >= 4 is 28.7 Å². The minimum absolute atomic E-state index is 0.746. The standard InChI is InChI=1S/C22H32Ge2/c1-17(2)23(18(3)4)15-13-21-11-9-10-12-22(21)14-16-24(19(5)6)20(7)8/h9-12,17-20H,1-8H3. The summed E-state index contributed by atoms with van der Waals surface area (Å²) < 4.78 is 10.3. The summed E-state index contributed by atoms with van der Waals surface area (Å²) in [4.78, 5) is 0. The molecule has 1 rings (SSSR count). The molecule has 0 saturated heterocycles. The van der Waals surface area contributed by atoms with Crippen LogP contribution in [0.15, 0.2) is 24.3 Å². The van der Waals surface area contributed by atoms with E-state index in [-0.39, 0.29) is 0 Å². The second kappa shape index (κ2) is 10.4. The van der Waals surface area contributed by atoms with Gasteiger partial charge in [0, 0.05) is 0 Å². The van der Waals surface area contributed by atoms with E-state index in [1.807, 2.05) is 0 Å². The van der Waals surface area contributed by atoms with Crippen molar-refractivity contribution in [3.8, 4) is 21.3 Å². The molecular weight excluding hydrogens is 409 g/mol. The van der Waals surface area contributed by atoms with Gasteiger partial charge in [-0.3, -0.25) is 0 Å². The molecule has 0 aromatic heterocycles. The zero-order valence-electron chi connectivity index (χ0n) is 16.6. The van der Waals surface area contributed by atoms with Crippen LogP contribution in [0, 0.1) is 21.3 Å². The van der Waals surface area contributed by atoms with Crippen molar-refractivity contribution in [3.63, 3.8) is 0 Å². The van der Waals surface area contributed by atoms with E-state index in [0.717, 1.165) is 30.1 Å². The molecule has 1 aromatic carbocycles. The molecule has 0 fully saturated rings. The van der Waals surface area contributed by atoms with Gasteiger partial charge in [-0.05, 0) is 0 Å². The second-order valence-corrected chi connectivity index (χ2v) is 22.1. The van der Waals surface area contributed by atoms with Gasteiger partial charge in [-0.2, -0.15) is 0 Å². The predicted octanol–water partition coefficient (Wildman–Crippen LogP) is 6.10. The van der Waals surface area contributed by atoms with Gasteiger partial charge >= 0.3 is 160 Å². The van der Waals surface area contributed by atoms with Crippen molar-refractivity contribution in [1.29, 1.82) is 0 Å². The van der Waals surface area contributed by atoms with Crippen LogP contribution in [0.1, 0.15) is 66.5 Å². The van der Waals surface area contributed by atoms with Crippen LogP contribution in [-0.2, 0) is 0 Å². The van der Waals surface area contributed by atoms with Crippen LogP contribution in [0.25, 0.3) is 0 Å². The Hall–Kier alpha value is -0.574. The molecule has 0 N–H and O–H groups in total. The van der Waals surface area contributed by atoms with Crippen LogP contribution in [0.3, 0.4) is 0 Å². The fraction of sp³-hybridized carbons (Fsp3) is 0.545. The van der Waals surface area contributed by atoms with E-state index in [1.54, 1.807) is 0 Å². The molecule has 0 atom stereocenters. The molecule has 24 heavy (non-hydrogen) atoms. The van der Waals surface area contributed by atoms with E-state index in [0.29, 0.717) is 0 Å². The van der Waals surface area contributed by atoms with Crippen LogP contribution in [0.4, 0.5) is 0 Å². The van der Waals surface area contributed by atoms with E-state index in [2.05, 4.69) is 101 Å². The summed E-state index contributed by atoms with van der Waals surface area (Å²) in [6.07, 6.45) is 0. The van der Waals surface area contributed by atoms with E-state index >= 15 is 0 Å². The third kappa shape index (κ3) is 6.74. The maximum absolute atomic E-state index is 3.67. The number of hydrogen-bond acceptors (Lipinski definition) is 0. The van der Waals surface area contributed by atoms with Crippen molar-refractivity contribution in [3.05, 3.63) is 35.4 Å². The first-order valence-electron chi connectivity index (χ1n) is 9.10. The quantitative estimate of drug-likeness (QED) is 0.391. The summed E-state index contributed by atoms with van der Waals surface area (Å²) in [5.41, 5.74) is 2.25. The Kier molecular flexibility index (Phi) is 9.32. The van der Waals surface area contributed by atoms with Crippen molar-refractivity contribution in [2.45, 2.75) is 74.4 Å². The van der Waals surface area contributed by atoms with Gasteiger partial charge in [-0.25, -0.2) is 0 Å². The van der Waals surface area contributed by atoms with Crippen LogP contribution < -0.4 is 0 Å². The zero-order chi connectivity index (χ0) is 18.3. The van der Waals surface area contributed by atoms with Crippen molar-refractivity contribution in [1.82, 2.24) is 0 Å². The molecule has 0 aliphatic heterocycles. The topological polar surface area (TPSA) is 0 Å². The molecule has 0 spiro atoms. The molecular formula is C22H32Ge2. The van der Waals surface area contributed by atoms with Gasteiger partial charge in [0.1, 0.15) is 0 Å². The monoisotopic (exact) mass is 444 g/mol. The Bertz CT molecular complexity index is 560. The Balaban J connectivity index is 3.15. The molecule has 2 heteroatoms. The molecule has 0 nitrogen and oxygen atoms in total. The van der Waals surface area contributed by atoms with Crippen molar-refractivity contribution in [2.75, 3.05) is 0 Å². The summed E-state index contributed by atoms with van der Waals surface area (Å²) in [6, 6.07) is 8.44. The Labute approximate surface area is 159 Å². The molecule has 0 amide bonds. The summed E-state index contributed by atoms with van der Waals surface area (Å²) >= 11 is -2.67. The summed E-state index contributed by atoms with van der Waals surface area (Å²) in [7, 11) is 0. The van der Waals surface area contributed by atoms with Gasteiger partial charge in [-0.1, -0.05) is 0 Å². The molecule has 128 valence electrons. The third-order valence-corrected chi connectivity index (χ3v) is 16.3. The van der Waals surface area contributed by atoms with E-state index in [9.17, 15) is 0 Å². The number of benzene rings is 1. The first-order valence-corrected chi connectivity index (χ1v) is 16.0. The van der Waals surface area contributed by atoms with Gasteiger partial charge in [0.05, 0.1) is 0 Å². The fourth-order valence-electron chi connectivity index (χ4n) is 2.89. The normalized spacial score (nSPS) is 11.2. The molecule has 0 saturated carbocycles. The molecule has 0 bridgehead atoms. The summed E-state index contributed by atoms with van der Waals surface area (Å²) in [5.74, 6) is 7.00. The van der Waals surface area contributed by atoms with Gasteiger partial charge in [0.2, 0.25) is 0 Å². The first-order chi connectivity index (χ1) is 11.2. The second-order valence-electron chi connectivity index (χ2n) is 7.58. The first kappa shape index (κ1) is 21.5. The minimum atomic E-state index is -1.34. The van der Waals surface area contributed by atoms with Gasteiger partial charge in [-0.15, -0.1) is 0 Å². The third-order valence-electron chi connectivity index (χ3n) is 4.10. The molecule has 0 heterocycles. The fourth-order valence-corrected chi connectivity index (χ4v) is 12.1. The van der Waals surface area contributed by atoms with Crippen molar-refractivity contribution in [2.24, 2.45) is 0 Å². The van der Waals surface area contributed by atoms with Gasteiger partial charge in [0.25, 0.3) is 0 Å². The predicted molar refractivity (Wildman–Crippen MR) is 112 cm³/mol. The van der Waals surface area contributed by atoms with Gasteiger partial charge < -0.3 is 0 Å². The number of rotatable bonds is 4. The molecule has 0 aliphatic carbocycles. The molecule has 0 aliphatic rings. The zero-order valence-corrected chi connectivity index (χ0v) is 20.8. The average Bonchev–Trinajstić information content (AvgIpc) is 2.47. The summed E-state index contributed by atoms with van der Waals surface area (Å²) in [6.45, 7) is 18.7. The van der Waals surface area contributed by atoms with E-state index < -0.39 is 28.7 Å². The van der Waals surface area contributed by atoms with Crippen LogP contribution in [0.2, 0.25) is 19.0 Å². The molecule has 0 unspecified atom stereocenters. The number of hydrogen-bond donors (Lipinski definition) is 0. The van der Waals surface area contributed by atoms with E-state index in [1.165, 1.54) is 0 Å². The van der Waals surface area contributed by atoms with Crippen molar-refractivity contribution < 1.29 is 0 Å². The SMILES string of the molecule is C[CH](C)[Ge]([C]#Cc1ccccc1C#[C][Ge]([CH](C)C)[CH](C)C)[CH](C)C. The maximum atomic E-state index is 3.67. The average molecular weight is 442 g/mol. The summed E-state index contributed by atoms with van der Waals surface area (Å²) in [5, 5.41) is 0. The van der Waals surface area contributed by atoms with Crippen LogP contribution >= 0.6 is 0 Å². The Morgan fingerprint density at radius 1 is 0.583 bits per heavy atom. The van der Waals surface area contributed by atoms with Gasteiger partial charge in [0.15, 0.2) is 0 Å².